The molecular weight excluding hydrogens is 349 g/mol. The fraction of sp³-hybridized carbons (Fsp3) is 0.238. The summed E-state index contributed by atoms with van der Waals surface area (Å²) in [5.41, 5.74) is 1.90. The SMILES string of the molecule is Cc1ccc(/C(O)=C2\C(=O)C(=O)N(CCCO)[C@@H]2c2ccc(F)cc2)cc1. The molecule has 1 aliphatic rings. The Balaban J connectivity index is 2.14. The molecule has 0 aromatic heterocycles. The second-order valence-corrected chi connectivity index (χ2v) is 6.49. The van der Waals surface area contributed by atoms with E-state index in [1.54, 1.807) is 24.3 Å². The number of rotatable bonds is 5. The Hall–Kier alpha value is -2.99. The first-order valence-corrected chi connectivity index (χ1v) is 8.66. The highest BCUT2D eigenvalue weighted by atomic mass is 19.1. The number of ketones is 1. The third-order valence-electron chi connectivity index (χ3n) is 4.61. The molecule has 140 valence electrons. The van der Waals surface area contributed by atoms with E-state index in [9.17, 15) is 19.1 Å². The van der Waals surface area contributed by atoms with Crippen LogP contribution in [0, 0.1) is 12.7 Å². The zero-order valence-electron chi connectivity index (χ0n) is 14.9. The monoisotopic (exact) mass is 369 g/mol. The van der Waals surface area contributed by atoms with Crippen LogP contribution in [-0.4, -0.2) is 40.0 Å². The molecule has 5 nitrogen and oxygen atoms in total. The van der Waals surface area contributed by atoms with Gasteiger partial charge < -0.3 is 15.1 Å². The van der Waals surface area contributed by atoms with E-state index in [0.717, 1.165) is 5.56 Å². The molecule has 1 heterocycles. The topological polar surface area (TPSA) is 77.8 Å². The van der Waals surface area contributed by atoms with Gasteiger partial charge in [-0.15, -0.1) is 0 Å². The summed E-state index contributed by atoms with van der Waals surface area (Å²) in [7, 11) is 0. The Morgan fingerprint density at radius 3 is 2.30 bits per heavy atom. The summed E-state index contributed by atoms with van der Waals surface area (Å²) in [6.07, 6.45) is 0.287. The summed E-state index contributed by atoms with van der Waals surface area (Å²) in [5.74, 6) is -2.24. The van der Waals surface area contributed by atoms with Crippen LogP contribution in [0.3, 0.4) is 0 Å². The first kappa shape index (κ1) is 18.8. The predicted octanol–water partition coefficient (Wildman–Crippen LogP) is 2.94. The molecule has 3 rings (SSSR count). The number of Topliss-reactive ketones (excluding diaryl/α,β-unsaturated/α-hetero) is 1. The summed E-state index contributed by atoms with van der Waals surface area (Å²) in [5, 5.41) is 19.9. The van der Waals surface area contributed by atoms with Crippen LogP contribution in [0.1, 0.15) is 29.2 Å². The quantitative estimate of drug-likeness (QED) is 0.483. The summed E-state index contributed by atoms with van der Waals surface area (Å²) in [6, 6.07) is 11.6. The molecule has 0 spiro atoms. The average molecular weight is 369 g/mol. The number of aliphatic hydroxyl groups is 2. The molecule has 0 bridgehead atoms. The fourth-order valence-corrected chi connectivity index (χ4v) is 3.21. The molecule has 0 aliphatic carbocycles. The van der Waals surface area contributed by atoms with E-state index in [0.29, 0.717) is 11.1 Å². The third-order valence-corrected chi connectivity index (χ3v) is 4.61. The lowest BCUT2D eigenvalue weighted by Gasteiger charge is -2.25. The number of carbonyl (C=O) groups excluding carboxylic acids is 2. The van der Waals surface area contributed by atoms with Gasteiger partial charge in [0.2, 0.25) is 0 Å². The van der Waals surface area contributed by atoms with Crippen LogP contribution in [0.15, 0.2) is 54.1 Å². The zero-order valence-corrected chi connectivity index (χ0v) is 14.9. The number of nitrogens with zero attached hydrogens (tertiary/aromatic N) is 1. The highest BCUT2D eigenvalue weighted by Gasteiger charge is 2.45. The molecule has 0 saturated carbocycles. The van der Waals surface area contributed by atoms with Gasteiger partial charge in [-0.25, -0.2) is 4.39 Å². The van der Waals surface area contributed by atoms with Gasteiger partial charge >= 0.3 is 0 Å². The molecule has 0 radical (unpaired) electrons. The van der Waals surface area contributed by atoms with Crippen molar-refractivity contribution in [1.29, 1.82) is 0 Å². The Morgan fingerprint density at radius 1 is 1.07 bits per heavy atom. The lowest BCUT2D eigenvalue weighted by Crippen LogP contribution is -2.31. The van der Waals surface area contributed by atoms with Gasteiger partial charge in [0.05, 0.1) is 11.6 Å². The molecule has 0 unspecified atom stereocenters. The lowest BCUT2D eigenvalue weighted by molar-refractivity contribution is -0.140. The maximum Gasteiger partial charge on any atom is 0.295 e. The van der Waals surface area contributed by atoms with E-state index >= 15 is 0 Å². The van der Waals surface area contributed by atoms with E-state index in [1.807, 2.05) is 6.92 Å². The molecule has 2 aromatic carbocycles. The van der Waals surface area contributed by atoms with E-state index in [4.69, 9.17) is 5.11 Å². The summed E-state index contributed by atoms with van der Waals surface area (Å²) < 4.78 is 13.3. The van der Waals surface area contributed by atoms with Crippen molar-refractivity contribution in [2.24, 2.45) is 0 Å². The van der Waals surface area contributed by atoms with Crippen molar-refractivity contribution in [3.05, 3.63) is 76.6 Å². The predicted molar refractivity (Wildman–Crippen MR) is 98.3 cm³/mol. The van der Waals surface area contributed by atoms with Gasteiger partial charge in [0.25, 0.3) is 11.7 Å². The van der Waals surface area contributed by atoms with Crippen molar-refractivity contribution in [1.82, 2.24) is 4.90 Å². The number of aryl methyl sites for hydroxylation is 1. The van der Waals surface area contributed by atoms with Gasteiger partial charge in [-0.2, -0.15) is 0 Å². The standard InChI is InChI=1S/C21H20FNO4/c1-13-3-5-15(6-4-13)19(25)17-18(14-7-9-16(22)10-8-14)23(11-2-12-24)21(27)20(17)26/h3-10,18,24-25H,2,11-12H2,1H3/b19-17+/t18-/m1/s1. The number of hydrogen-bond acceptors (Lipinski definition) is 4. The number of hydrogen-bond donors (Lipinski definition) is 2. The Morgan fingerprint density at radius 2 is 1.70 bits per heavy atom. The minimum absolute atomic E-state index is 0.0339. The molecule has 6 heteroatoms. The number of benzene rings is 2. The molecule has 1 aliphatic heterocycles. The first-order chi connectivity index (χ1) is 12.9. The highest BCUT2D eigenvalue weighted by molar-refractivity contribution is 6.46. The van der Waals surface area contributed by atoms with Gasteiger partial charge in [-0.3, -0.25) is 9.59 Å². The number of carbonyl (C=O) groups is 2. The van der Waals surface area contributed by atoms with Crippen LogP contribution >= 0.6 is 0 Å². The van der Waals surface area contributed by atoms with Crippen molar-refractivity contribution in [2.45, 2.75) is 19.4 Å². The van der Waals surface area contributed by atoms with Gasteiger partial charge in [-0.1, -0.05) is 42.0 Å². The highest BCUT2D eigenvalue weighted by Crippen LogP contribution is 2.39. The fourth-order valence-electron chi connectivity index (χ4n) is 3.21. The van der Waals surface area contributed by atoms with Crippen LogP contribution in [-0.2, 0) is 9.59 Å². The van der Waals surface area contributed by atoms with E-state index < -0.39 is 23.5 Å². The van der Waals surface area contributed by atoms with Crippen LogP contribution in [0.25, 0.3) is 5.76 Å². The van der Waals surface area contributed by atoms with Gasteiger partial charge in [0, 0.05) is 18.7 Å². The molecule has 1 atom stereocenters. The minimum atomic E-state index is -0.835. The lowest BCUT2D eigenvalue weighted by atomic mass is 9.95. The molecule has 1 saturated heterocycles. The molecular formula is C21H20FNO4. The van der Waals surface area contributed by atoms with E-state index in [2.05, 4.69) is 0 Å². The minimum Gasteiger partial charge on any atom is -0.507 e. The van der Waals surface area contributed by atoms with Crippen molar-refractivity contribution < 1.29 is 24.2 Å². The molecule has 2 N–H and O–H groups in total. The number of aliphatic hydroxyl groups excluding tert-OH is 2. The third kappa shape index (κ3) is 3.61. The average Bonchev–Trinajstić information content (AvgIpc) is 2.91. The zero-order chi connectivity index (χ0) is 19.6. The largest absolute Gasteiger partial charge is 0.507 e. The molecule has 1 amide bonds. The maximum absolute atomic E-state index is 13.3. The second-order valence-electron chi connectivity index (χ2n) is 6.49. The van der Waals surface area contributed by atoms with Gasteiger partial charge in [0.1, 0.15) is 11.6 Å². The number of likely N-dealkylation sites (tertiary alicyclic amines) is 1. The first-order valence-electron chi connectivity index (χ1n) is 8.66. The summed E-state index contributed by atoms with van der Waals surface area (Å²) >= 11 is 0. The Bertz CT molecular complexity index is 887. The second kappa shape index (κ2) is 7.72. The molecule has 27 heavy (non-hydrogen) atoms. The van der Waals surface area contributed by atoms with E-state index in [-0.39, 0.29) is 30.9 Å². The molecule has 1 fully saturated rings. The van der Waals surface area contributed by atoms with Crippen molar-refractivity contribution in [2.75, 3.05) is 13.2 Å². The van der Waals surface area contributed by atoms with E-state index in [1.165, 1.54) is 29.2 Å². The van der Waals surface area contributed by atoms with Gasteiger partial charge in [0.15, 0.2) is 0 Å². The Labute approximate surface area is 156 Å². The summed E-state index contributed by atoms with van der Waals surface area (Å²) in [6.45, 7) is 1.90. The number of halogens is 1. The van der Waals surface area contributed by atoms with Crippen LogP contribution < -0.4 is 0 Å². The Kier molecular flexibility index (Phi) is 5.37. The van der Waals surface area contributed by atoms with Crippen molar-refractivity contribution in [3.8, 4) is 0 Å². The van der Waals surface area contributed by atoms with Crippen LogP contribution in [0.5, 0.6) is 0 Å². The van der Waals surface area contributed by atoms with Crippen molar-refractivity contribution >= 4 is 17.4 Å². The molecule has 2 aromatic rings. The van der Waals surface area contributed by atoms with Gasteiger partial charge in [-0.05, 0) is 31.0 Å². The number of amides is 1. The summed E-state index contributed by atoms with van der Waals surface area (Å²) in [4.78, 5) is 26.5. The normalized spacial score (nSPS) is 18.9. The van der Waals surface area contributed by atoms with Crippen molar-refractivity contribution in [3.63, 3.8) is 0 Å². The van der Waals surface area contributed by atoms with Crippen LogP contribution in [0.4, 0.5) is 4.39 Å². The van der Waals surface area contributed by atoms with Crippen LogP contribution in [0.2, 0.25) is 0 Å². The maximum atomic E-state index is 13.3. The smallest absolute Gasteiger partial charge is 0.295 e.